The van der Waals surface area contributed by atoms with Crippen LogP contribution in [-0.4, -0.2) is 47.8 Å². The molecule has 1 aliphatic heterocycles. The van der Waals surface area contributed by atoms with Crippen LogP contribution in [0.3, 0.4) is 0 Å². The molecular weight excluding hydrogens is 316 g/mol. The van der Waals surface area contributed by atoms with E-state index in [1.807, 2.05) is 17.9 Å². The number of amides is 2. The lowest BCUT2D eigenvalue weighted by molar-refractivity contribution is -0.130. The first-order valence-electron chi connectivity index (χ1n) is 5.79. The van der Waals surface area contributed by atoms with E-state index in [4.69, 9.17) is 0 Å². The summed E-state index contributed by atoms with van der Waals surface area (Å²) in [5, 5.41) is 0. The molecular formula is C12H15BrN2O2S. The molecule has 4 nitrogen and oxygen atoms in total. The fourth-order valence-electron chi connectivity index (χ4n) is 1.95. The van der Waals surface area contributed by atoms with Crippen molar-refractivity contribution in [3.63, 3.8) is 0 Å². The van der Waals surface area contributed by atoms with Crippen LogP contribution in [0.2, 0.25) is 0 Å². The molecule has 0 bridgehead atoms. The number of hydrogen-bond donors (Lipinski definition) is 0. The number of hydrogen-bond acceptors (Lipinski definition) is 3. The van der Waals surface area contributed by atoms with Gasteiger partial charge < -0.3 is 9.80 Å². The second-order valence-electron chi connectivity index (χ2n) is 4.37. The van der Waals surface area contributed by atoms with Gasteiger partial charge in [-0.25, -0.2) is 0 Å². The van der Waals surface area contributed by atoms with E-state index in [0.717, 1.165) is 14.2 Å². The molecule has 0 aromatic carbocycles. The van der Waals surface area contributed by atoms with Crippen molar-refractivity contribution in [3.8, 4) is 0 Å². The molecule has 1 fully saturated rings. The smallest absolute Gasteiger partial charge is 0.264 e. The zero-order chi connectivity index (χ0) is 13.3. The van der Waals surface area contributed by atoms with E-state index in [9.17, 15) is 9.59 Å². The lowest BCUT2D eigenvalue weighted by Crippen LogP contribution is -2.49. The van der Waals surface area contributed by atoms with Gasteiger partial charge in [-0.1, -0.05) is 0 Å². The Labute approximate surface area is 119 Å². The molecule has 1 saturated heterocycles. The Bertz CT molecular complexity index is 459. The van der Waals surface area contributed by atoms with Gasteiger partial charge >= 0.3 is 0 Å². The highest BCUT2D eigenvalue weighted by Crippen LogP contribution is 2.28. The van der Waals surface area contributed by atoms with Gasteiger partial charge in [0.25, 0.3) is 5.91 Å². The summed E-state index contributed by atoms with van der Waals surface area (Å²) >= 11 is 4.90. The maximum Gasteiger partial charge on any atom is 0.264 e. The second-order valence-corrected chi connectivity index (χ2v) is 6.74. The van der Waals surface area contributed by atoms with Crippen molar-refractivity contribution >= 4 is 39.1 Å². The summed E-state index contributed by atoms with van der Waals surface area (Å²) in [7, 11) is 0. The number of nitrogens with zero attached hydrogens (tertiary/aromatic N) is 2. The first-order valence-corrected chi connectivity index (χ1v) is 7.40. The largest absolute Gasteiger partial charge is 0.339 e. The summed E-state index contributed by atoms with van der Waals surface area (Å²) in [6.45, 7) is 6.04. The molecule has 0 unspecified atom stereocenters. The van der Waals surface area contributed by atoms with E-state index in [0.29, 0.717) is 26.2 Å². The van der Waals surface area contributed by atoms with Gasteiger partial charge in [0.2, 0.25) is 5.91 Å². The monoisotopic (exact) mass is 330 g/mol. The number of carbonyl (C=O) groups is 2. The quantitative estimate of drug-likeness (QED) is 0.791. The average molecular weight is 331 g/mol. The summed E-state index contributed by atoms with van der Waals surface area (Å²) < 4.78 is 1.01. The minimum Gasteiger partial charge on any atom is -0.339 e. The maximum atomic E-state index is 12.3. The van der Waals surface area contributed by atoms with Crippen LogP contribution in [0.1, 0.15) is 22.2 Å². The molecule has 98 valence electrons. The summed E-state index contributed by atoms with van der Waals surface area (Å²) in [4.78, 5) is 27.8. The van der Waals surface area contributed by atoms with Gasteiger partial charge in [-0.05, 0) is 34.5 Å². The van der Waals surface area contributed by atoms with E-state index < -0.39 is 0 Å². The molecule has 0 aliphatic carbocycles. The highest BCUT2D eigenvalue weighted by molar-refractivity contribution is 9.11. The van der Waals surface area contributed by atoms with Crippen LogP contribution in [0.4, 0.5) is 0 Å². The van der Waals surface area contributed by atoms with Crippen molar-refractivity contribution in [2.24, 2.45) is 0 Å². The summed E-state index contributed by atoms with van der Waals surface area (Å²) in [5.74, 6) is 0.147. The highest BCUT2D eigenvalue weighted by atomic mass is 79.9. The van der Waals surface area contributed by atoms with Crippen LogP contribution in [0.15, 0.2) is 9.85 Å². The molecule has 6 heteroatoms. The lowest BCUT2D eigenvalue weighted by Gasteiger charge is -2.33. The van der Waals surface area contributed by atoms with Crippen molar-refractivity contribution in [1.29, 1.82) is 0 Å². The van der Waals surface area contributed by atoms with Gasteiger partial charge in [-0.15, -0.1) is 11.3 Å². The molecule has 1 aromatic rings. The lowest BCUT2D eigenvalue weighted by atomic mass is 10.2. The maximum absolute atomic E-state index is 12.3. The van der Waals surface area contributed by atoms with E-state index in [2.05, 4.69) is 15.9 Å². The zero-order valence-electron chi connectivity index (χ0n) is 10.4. The van der Waals surface area contributed by atoms with Crippen LogP contribution in [0, 0.1) is 6.92 Å². The van der Waals surface area contributed by atoms with Gasteiger partial charge in [0.1, 0.15) is 0 Å². The molecule has 2 rings (SSSR count). The minimum atomic E-state index is 0.0667. The standard InChI is InChI=1S/C12H15BrN2O2S/c1-8-7-10(18-11(8)13)12(17)15-5-3-14(4-6-15)9(2)16/h7H,3-6H2,1-2H3. The predicted molar refractivity (Wildman–Crippen MR) is 74.9 cm³/mol. The first-order chi connectivity index (χ1) is 8.49. The third kappa shape index (κ3) is 2.75. The summed E-state index contributed by atoms with van der Waals surface area (Å²) in [6, 6.07) is 1.91. The third-order valence-corrected chi connectivity index (χ3v) is 5.20. The van der Waals surface area contributed by atoms with Gasteiger partial charge in [-0.3, -0.25) is 9.59 Å². The second kappa shape index (κ2) is 5.40. The fraction of sp³-hybridized carbons (Fsp3) is 0.500. The topological polar surface area (TPSA) is 40.6 Å². The van der Waals surface area contributed by atoms with Crippen LogP contribution in [0.5, 0.6) is 0 Å². The van der Waals surface area contributed by atoms with Crippen molar-refractivity contribution in [2.45, 2.75) is 13.8 Å². The van der Waals surface area contributed by atoms with Crippen molar-refractivity contribution in [1.82, 2.24) is 9.80 Å². The summed E-state index contributed by atoms with van der Waals surface area (Å²) in [6.07, 6.45) is 0. The zero-order valence-corrected chi connectivity index (χ0v) is 12.8. The highest BCUT2D eigenvalue weighted by Gasteiger charge is 2.24. The average Bonchev–Trinajstić information content (AvgIpc) is 2.69. The Morgan fingerprint density at radius 1 is 1.22 bits per heavy atom. The Hall–Kier alpha value is -0.880. The van der Waals surface area contributed by atoms with E-state index in [-0.39, 0.29) is 11.8 Å². The van der Waals surface area contributed by atoms with E-state index in [1.165, 1.54) is 11.3 Å². The van der Waals surface area contributed by atoms with Gasteiger partial charge in [0.15, 0.2) is 0 Å². The predicted octanol–water partition coefficient (Wildman–Crippen LogP) is 2.12. The van der Waals surface area contributed by atoms with Gasteiger partial charge in [0, 0.05) is 33.1 Å². The fourth-order valence-corrected chi connectivity index (χ4v) is 3.45. The molecule has 0 radical (unpaired) electrons. The number of aryl methyl sites for hydroxylation is 1. The number of thiophene rings is 1. The van der Waals surface area contributed by atoms with Crippen LogP contribution < -0.4 is 0 Å². The minimum absolute atomic E-state index is 0.0667. The Balaban J connectivity index is 2.01. The number of carbonyl (C=O) groups excluding carboxylic acids is 2. The molecule has 18 heavy (non-hydrogen) atoms. The Morgan fingerprint density at radius 3 is 2.22 bits per heavy atom. The number of rotatable bonds is 1. The Morgan fingerprint density at radius 2 is 1.78 bits per heavy atom. The van der Waals surface area contributed by atoms with Crippen molar-refractivity contribution < 1.29 is 9.59 Å². The van der Waals surface area contributed by atoms with E-state index >= 15 is 0 Å². The van der Waals surface area contributed by atoms with Crippen molar-refractivity contribution in [3.05, 3.63) is 20.3 Å². The Kier molecular flexibility index (Phi) is 4.07. The van der Waals surface area contributed by atoms with Gasteiger partial charge in [0.05, 0.1) is 8.66 Å². The van der Waals surface area contributed by atoms with E-state index in [1.54, 1.807) is 11.8 Å². The van der Waals surface area contributed by atoms with Crippen molar-refractivity contribution in [2.75, 3.05) is 26.2 Å². The molecule has 0 spiro atoms. The van der Waals surface area contributed by atoms with Crippen LogP contribution in [-0.2, 0) is 4.79 Å². The van der Waals surface area contributed by atoms with Crippen LogP contribution >= 0.6 is 27.3 Å². The summed E-state index contributed by atoms with van der Waals surface area (Å²) in [5.41, 5.74) is 1.09. The number of halogens is 1. The normalized spacial score (nSPS) is 15.9. The third-order valence-electron chi connectivity index (χ3n) is 3.08. The molecule has 0 saturated carbocycles. The molecule has 1 aromatic heterocycles. The molecule has 2 amide bonds. The molecule has 0 N–H and O–H groups in total. The first kappa shape index (κ1) is 13.5. The van der Waals surface area contributed by atoms with Crippen LogP contribution in [0.25, 0.3) is 0 Å². The molecule has 2 heterocycles. The number of piperazine rings is 1. The van der Waals surface area contributed by atoms with Gasteiger partial charge in [-0.2, -0.15) is 0 Å². The molecule has 0 atom stereocenters. The molecule has 1 aliphatic rings. The SMILES string of the molecule is CC(=O)N1CCN(C(=O)c2cc(C)c(Br)s2)CC1.